The lowest BCUT2D eigenvalue weighted by atomic mass is 10.0. The number of nitro benzene ring substituents is 1. The predicted octanol–water partition coefficient (Wildman–Crippen LogP) is 3.39. The fraction of sp³-hybridized carbons (Fsp3) is 0.250. The van der Waals surface area contributed by atoms with Gasteiger partial charge in [-0.05, 0) is 17.6 Å². The molecule has 1 heterocycles. The van der Waals surface area contributed by atoms with Crippen LogP contribution < -0.4 is 10.1 Å². The van der Waals surface area contributed by atoms with Crippen LogP contribution in [0.15, 0.2) is 48.5 Å². The van der Waals surface area contributed by atoms with Gasteiger partial charge in [-0.25, -0.2) is 0 Å². The van der Waals surface area contributed by atoms with Crippen LogP contribution in [-0.4, -0.2) is 24.2 Å². The van der Waals surface area contributed by atoms with Crippen molar-refractivity contribution in [3.8, 4) is 5.75 Å². The van der Waals surface area contributed by atoms with Gasteiger partial charge in [0.25, 0.3) is 5.69 Å². The molecule has 0 radical (unpaired) electrons. The lowest BCUT2D eigenvalue weighted by Crippen LogP contribution is -2.25. The number of carbonyl (C=O) groups is 1. The number of fused-ring (bicyclic) bond motifs is 1. The quantitative estimate of drug-likeness (QED) is 0.479. The van der Waals surface area contributed by atoms with Crippen molar-refractivity contribution in [3.63, 3.8) is 0 Å². The molecule has 3 rings (SSSR count). The third-order valence-electron chi connectivity index (χ3n) is 4.30. The van der Waals surface area contributed by atoms with Crippen LogP contribution in [0.5, 0.6) is 5.75 Å². The van der Waals surface area contributed by atoms with E-state index in [2.05, 4.69) is 5.32 Å². The third-order valence-corrected chi connectivity index (χ3v) is 4.30. The van der Waals surface area contributed by atoms with Gasteiger partial charge in [0.1, 0.15) is 5.75 Å². The summed E-state index contributed by atoms with van der Waals surface area (Å²) in [6.45, 7) is 2.83. The number of ether oxygens (including phenoxy) is 2. The Kier molecular flexibility index (Phi) is 5.83. The summed E-state index contributed by atoms with van der Waals surface area (Å²) in [7, 11) is 0. The number of carbonyl (C=O) groups excluding carboxylic acids is 1. The van der Waals surface area contributed by atoms with Crippen molar-refractivity contribution in [1.82, 2.24) is 5.32 Å². The molecule has 1 atom stereocenters. The Morgan fingerprint density at radius 1 is 1.33 bits per heavy atom. The van der Waals surface area contributed by atoms with Crippen LogP contribution in [0, 0.1) is 10.1 Å². The van der Waals surface area contributed by atoms with Crippen LogP contribution in [0.2, 0.25) is 0 Å². The monoisotopic (exact) mass is 368 g/mol. The SMILES string of the molecule is C[C@@H](CNC(=O)/C=C/c1cc([N+](=O)[O-])cc2c1OCOC2)c1ccccc1. The first-order valence-electron chi connectivity index (χ1n) is 8.57. The highest BCUT2D eigenvalue weighted by Crippen LogP contribution is 2.33. The number of nitrogens with zero attached hydrogens (tertiary/aromatic N) is 1. The van der Waals surface area contributed by atoms with Gasteiger partial charge >= 0.3 is 0 Å². The minimum Gasteiger partial charge on any atom is -0.467 e. The highest BCUT2D eigenvalue weighted by Gasteiger charge is 2.19. The van der Waals surface area contributed by atoms with Crippen molar-refractivity contribution >= 4 is 17.7 Å². The fourth-order valence-electron chi connectivity index (χ4n) is 2.84. The van der Waals surface area contributed by atoms with E-state index in [9.17, 15) is 14.9 Å². The molecule has 0 fully saturated rings. The van der Waals surface area contributed by atoms with E-state index in [4.69, 9.17) is 9.47 Å². The van der Waals surface area contributed by atoms with Crippen molar-refractivity contribution in [2.24, 2.45) is 0 Å². The fourth-order valence-corrected chi connectivity index (χ4v) is 2.84. The summed E-state index contributed by atoms with van der Waals surface area (Å²) in [6, 6.07) is 12.7. The van der Waals surface area contributed by atoms with Gasteiger partial charge in [-0.3, -0.25) is 14.9 Å². The number of benzene rings is 2. The standard InChI is InChI=1S/C20H20N2O5/c1-14(15-5-3-2-4-6-15)11-21-19(23)8-7-16-9-18(22(24)25)10-17-12-26-13-27-20(16)17/h2-10,14H,11-13H2,1H3,(H,21,23)/b8-7+/t14-/m0/s1. The van der Waals surface area contributed by atoms with E-state index >= 15 is 0 Å². The lowest BCUT2D eigenvalue weighted by molar-refractivity contribution is -0.385. The van der Waals surface area contributed by atoms with Crippen LogP contribution in [0.1, 0.15) is 29.5 Å². The van der Waals surface area contributed by atoms with E-state index in [1.807, 2.05) is 37.3 Å². The molecular weight excluding hydrogens is 348 g/mol. The van der Waals surface area contributed by atoms with Crippen molar-refractivity contribution < 1.29 is 19.2 Å². The number of hydrogen-bond donors (Lipinski definition) is 1. The van der Waals surface area contributed by atoms with Gasteiger partial charge in [0, 0.05) is 35.9 Å². The molecular formula is C20H20N2O5. The Hall–Kier alpha value is -3.19. The Labute approximate surface area is 156 Å². The van der Waals surface area contributed by atoms with Crippen molar-refractivity contribution in [1.29, 1.82) is 0 Å². The molecule has 2 aromatic carbocycles. The van der Waals surface area contributed by atoms with E-state index in [-0.39, 0.29) is 30.9 Å². The first-order valence-corrected chi connectivity index (χ1v) is 8.57. The maximum absolute atomic E-state index is 12.1. The lowest BCUT2D eigenvalue weighted by Gasteiger charge is -2.19. The number of non-ortho nitro benzene ring substituents is 1. The summed E-state index contributed by atoms with van der Waals surface area (Å²) in [5.74, 6) is 0.410. The zero-order chi connectivity index (χ0) is 19.2. The van der Waals surface area contributed by atoms with Crippen molar-refractivity contribution in [3.05, 3.63) is 75.3 Å². The molecule has 2 aromatic rings. The smallest absolute Gasteiger partial charge is 0.270 e. The third kappa shape index (κ3) is 4.71. The molecule has 0 saturated heterocycles. The maximum Gasteiger partial charge on any atom is 0.270 e. The molecule has 1 aliphatic rings. The number of rotatable bonds is 6. The van der Waals surface area contributed by atoms with Gasteiger partial charge in [-0.2, -0.15) is 0 Å². The predicted molar refractivity (Wildman–Crippen MR) is 100 cm³/mol. The first-order chi connectivity index (χ1) is 13.0. The Balaban J connectivity index is 1.69. The number of nitro groups is 1. The first kappa shape index (κ1) is 18.6. The van der Waals surface area contributed by atoms with Crippen molar-refractivity contribution in [2.45, 2.75) is 19.4 Å². The normalized spacial score (nSPS) is 14.3. The zero-order valence-corrected chi connectivity index (χ0v) is 14.9. The Morgan fingerprint density at radius 3 is 2.85 bits per heavy atom. The van der Waals surface area contributed by atoms with Gasteiger partial charge < -0.3 is 14.8 Å². The molecule has 1 amide bonds. The average molecular weight is 368 g/mol. The van der Waals surface area contributed by atoms with Gasteiger partial charge in [0.05, 0.1) is 11.5 Å². The Bertz CT molecular complexity index is 864. The number of amides is 1. The second kappa shape index (κ2) is 8.46. The van der Waals surface area contributed by atoms with Crippen LogP contribution >= 0.6 is 0 Å². The molecule has 0 saturated carbocycles. The molecule has 140 valence electrons. The molecule has 1 aliphatic heterocycles. The van der Waals surface area contributed by atoms with E-state index in [0.29, 0.717) is 23.4 Å². The van der Waals surface area contributed by atoms with Crippen LogP contribution in [0.25, 0.3) is 6.08 Å². The van der Waals surface area contributed by atoms with Gasteiger partial charge in [0.15, 0.2) is 6.79 Å². The zero-order valence-electron chi connectivity index (χ0n) is 14.9. The molecule has 7 nitrogen and oxygen atoms in total. The Morgan fingerprint density at radius 2 is 2.11 bits per heavy atom. The molecule has 0 unspecified atom stereocenters. The van der Waals surface area contributed by atoms with Gasteiger partial charge in [-0.1, -0.05) is 37.3 Å². The highest BCUT2D eigenvalue weighted by atomic mass is 16.7. The minimum atomic E-state index is -0.478. The van der Waals surface area contributed by atoms with Crippen LogP contribution in [-0.2, 0) is 16.1 Å². The van der Waals surface area contributed by atoms with E-state index < -0.39 is 4.92 Å². The van der Waals surface area contributed by atoms with E-state index in [0.717, 1.165) is 5.56 Å². The molecule has 7 heteroatoms. The second-order valence-corrected chi connectivity index (χ2v) is 6.28. The van der Waals surface area contributed by atoms with Gasteiger partial charge in [0.2, 0.25) is 5.91 Å². The largest absolute Gasteiger partial charge is 0.467 e. The average Bonchev–Trinajstić information content (AvgIpc) is 2.70. The molecule has 0 aliphatic carbocycles. The molecule has 0 spiro atoms. The number of nitrogens with one attached hydrogen (secondary N) is 1. The summed E-state index contributed by atoms with van der Waals surface area (Å²) in [6.07, 6.45) is 2.88. The summed E-state index contributed by atoms with van der Waals surface area (Å²) in [5, 5.41) is 14.0. The van der Waals surface area contributed by atoms with Crippen molar-refractivity contribution in [2.75, 3.05) is 13.3 Å². The molecule has 27 heavy (non-hydrogen) atoms. The summed E-state index contributed by atoms with van der Waals surface area (Å²) >= 11 is 0. The maximum atomic E-state index is 12.1. The highest BCUT2D eigenvalue weighted by molar-refractivity contribution is 5.92. The second-order valence-electron chi connectivity index (χ2n) is 6.28. The minimum absolute atomic E-state index is 0.0689. The molecule has 0 bridgehead atoms. The molecule has 1 N–H and O–H groups in total. The summed E-state index contributed by atoms with van der Waals surface area (Å²) in [4.78, 5) is 22.8. The topological polar surface area (TPSA) is 90.7 Å². The van der Waals surface area contributed by atoms with E-state index in [1.165, 1.54) is 24.3 Å². The summed E-state index contributed by atoms with van der Waals surface area (Å²) in [5.41, 5.74) is 2.14. The van der Waals surface area contributed by atoms with Crippen LogP contribution in [0.3, 0.4) is 0 Å². The number of hydrogen-bond acceptors (Lipinski definition) is 5. The van der Waals surface area contributed by atoms with E-state index in [1.54, 1.807) is 0 Å². The molecule has 0 aromatic heterocycles. The van der Waals surface area contributed by atoms with Gasteiger partial charge in [-0.15, -0.1) is 0 Å². The summed E-state index contributed by atoms with van der Waals surface area (Å²) < 4.78 is 10.6. The van der Waals surface area contributed by atoms with Crippen LogP contribution in [0.4, 0.5) is 5.69 Å².